The number of nitrogens with two attached hydrogens (primary N) is 1. The van der Waals surface area contributed by atoms with Gasteiger partial charge in [0.1, 0.15) is 0 Å². The summed E-state index contributed by atoms with van der Waals surface area (Å²) in [6.07, 6.45) is 0.700. The van der Waals surface area contributed by atoms with Crippen LogP contribution in [0.2, 0.25) is 0 Å². The molecule has 0 fully saturated rings. The summed E-state index contributed by atoms with van der Waals surface area (Å²) < 4.78 is 27.2. The maximum atomic E-state index is 12.8. The van der Waals surface area contributed by atoms with Crippen LogP contribution in [0.4, 0.5) is 5.69 Å². The number of benzene rings is 2. The summed E-state index contributed by atoms with van der Waals surface area (Å²) in [6.45, 7) is 2.66. The molecule has 0 spiro atoms. The molecule has 0 unspecified atom stereocenters. The number of sulfonamides is 1. The molecule has 0 amide bonds. The Bertz CT molecular complexity index is 785. The Morgan fingerprint density at radius 2 is 1.86 bits per heavy atom. The van der Waals surface area contributed by atoms with Gasteiger partial charge in [0.25, 0.3) is 0 Å². The van der Waals surface area contributed by atoms with Gasteiger partial charge >= 0.3 is 0 Å². The van der Waals surface area contributed by atoms with Gasteiger partial charge in [0.2, 0.25) is 10.0 Å². The molecule has 0 saturated heterocycles. The molecule has 1 aliphatic rings. The highest BCUT2D eigenvalue weighted by Crippen LogP contribution is 2.29. The Hall–Kier alpha value is -1.85. The third-order valence-electron chi connectivity index (χ3n) is 3.99. The van der Waals surface area contributed by atoms with Gasteiger partial charge in [-0.25, -0.2) is 8.42 Å². The van der Waals surface area contributed by atoms with E-state index >= 15 is 0 Å². The lowest BCUT2D eigenvalue weighted by atomic mass is 10.00. The van der Waals surface area contributed by atoms with Crippen molar-refractivity contribution in [1.82, 2.24) is 4.31 Å². The van der Waals surface area contributed by atoms with Gasteiger partial charge in [0.05, 0.1) is 4.90 Å². The molecule has 21 heavy (non-hydrogen) atoms. The molecule has 0 aromatic heterocycles. The Morgan fingerprint density at radius 3 is 2.62 bits per heavy atom. The second kappa shape index (κ2) is 5.16. The van der Waals surface area contributed by atoms with E-state index in [4.69, 9.17) is 5.73 Å². The molecule has 0 bridgehead atoms. The van der Waals surface area contributed by atoms with Crippen molar-refractivity contribution in [2.45, 2.75) is 24.8 Å². The first kappa shape index (κ1) is 14.1. The summed E-state index contributed by atoms with van der Waals surface area (Å²) >= 11 is 0. The predicted octanol–water partition coefficient (Wildman–Crippen LogP) is 2.32. The maximum Gasteiger partial charge on any atom is 0.243 e. The minimum Gasteiger partial charge on any atom is -0.398 e. The highest BCUT2D eigenvalue weighted by atomic mass is 32.2. The highest BCUT2D eigenvalue weighted by Gasteiger charge is 2.29. The lowest BCUT2D eigenvalue weighted by molar-refractivity contribution is 0.392. The quantitative estimate of drug-likeness (QED) is 0.866. The second-order valence-electron chi connectivity index (χ2n) is 5.34. The fourth-order valence-corrected chi connectivity index (χ4v) is 4.41. The number of hydrogen-bond acceptors (Lipinski definition) is 3. The SMILES string of the molecule is Cc1ccccc1S(=O)(=O)N1CCc2cccc(N)c2C1. The first-order valence-electron chi connectivity index (χ1n) is 6.92. The summed E-state index contributed by atoms with van der Waals surface area (Å²) in [6, 6.07) is 12.8. The van der Waals surface area contributed by atoms with Crippen molar-refractivity contribution in [3.63, 3.8) is 0 Å². The molecule has 0 aliphatic carbocycles. The van der Waals surface area contributed by atoms with E-state index in [1.165, 1.54) is 4.31 Å². The van der Waals surface area contributed by atoms with Crippen LogP contribution in [0, 0.1) is 6.92 Å². The third-order valence-corrected chi connectivity index (χ3v) is 5.99. The number of anilines is 1. The van der Waals surface area contributed by atoms with Gasteiger partial charge in [-0.2, -0.15) is 4.31 Å². The topological polar surface area (TPSA) is 63.4 Å². The van der Waals surface area contributed by atoms with Gasteiger partial charge in [0, 0.05) is 18.8 Å². The zero-order valence-corrected chi connectivity index (χ0v) is 12.7. The van der Waals surface area contributed by atoms with Gasteiger partial charge in [-0.1, -0.05) is 30.3 Å². The minimum absolute atomic E-state index is 0.346. The van der Waals surface area contributed by atoms with E-state index in [-0.39, 0.29) is 0 Å². The highest BCUT2D eigenvalue weighted by molar-refractivity contribution is 7.89. The van der Waals surface area contributed by atoms with Crippen molar-refractivity contribution in [1.29, 1.82) is 0 Å². The van der Waals surface area contributed by atoms with Crippen LogP contribution in [0.3, 0.4) is 0 Å². The number of fused-ring (bicyclic) bond motifs is 1. The molecule has 1 aliphatic heterocycles. The normalized spacial score (nSPS) is 15.7. The standard InChI is InChI=1S/C16H18N2O2S/c1-12-5-2-3-8-16(12)21(19,20)18-10-9-13-6-4-7-15(17)14(13)11-18/h2-8H,9-11,17H2,1H3. The Kier molecular flexibility index (Phi) is 3.47. The van der Waals surface area contributed by atoms with E-state index in [0.717, 1.165) is 16.7 Å². The van der Waals surface area contributed by atoms with Crippen LogP contribution in [-0.2, 0) is 23.0 Å². The zero-order valence-electron chi connectivity index (χ0n) is 11.9. The third kappa shape index (κ3) is 2.43. The van der Waals surface area contributed by atoms with E-state index in [1.807, 2.05) is 37.3 Å². The lowest BCUT2D eigenvalue weighted by Gasteiger charge is -2.29. The van der Waals surface area contributed by atoms with Gasteiger partial charge in [-0.05, 0) is 42.2 Å². The second-order valence-corrected chi connectivity index (χ2v) is 7.25. The molecule has 110 valence electrons. The van der Waals surface area contributed by atoms with E-state index < -0.39 is 10.0 Å². The van der Waals surface area contributed by atoms with Crippen LogP contribution in [0.5, 0.6) is 0 Å². The van der Waals surface area contributed by atoms with Crippen molar-refractivity contribution in [2.24, 2.45) is 0 Å². The molecule has 2 N–H and O–H groups in total. The maximum absolute atomic E-state index is 12.8. The first-order valence-corrected chi connectivity index (χ1v) is 8.36. The molecule has 2 aromatic rings. The molecular weight excluding hydrogens is 284 g/mol. The smallest absolute Gasteiger partial charge is 0.243 e. The lowest BCUT2D eigenvalue weighted by Crippen LogP contribution is -2.36. The number of hydrogen-bond donors (Lipinski definition) is 1. The first-order chi connectivity index (χ1) is 10.00. The van der Waals surface area contributed by atoms with Gasteiger partial charge in [-0.3, -0.25) is 0 Å². The van der Waals surface area contributed by atoms with Crippen molar-refractivity contribution in [2.75, 3.05) is 12.3 Å². The fraction of sp³-hybridized carbons (Fsp3) is 0.250. The van der Waals surface area contributed by atoms with Crippen LogP contribution in [-0.4, -0.2) is 19.3 Å². The fourth-order valence-electron chi connectivity index (χ4n) is 2.77. The van der Waals surface area contributed by atoms with Crippen molar-refractivity contribution in [3.8, 4) is 0 Å². The van der Waals surface area contributed by atoms with Crippen molar-refractivity contribution >= 4 is 15.7 Å². The molecule has 4 nitrogen and oxygen atoms in total. The molecule has 0 radical (unpaired) electrons. The monoisotopic (exact) mass is 302 g/mol. The molecule has 0 saturated carbocycles. The summed E-state index contributed by atoms with van der Waals surface area (Å²) in [5.74, 6) is 0. The van der Waals surface area contributed by atoms with Crippen LogP contribution >= 0.6 is 0 Å². The number of nitrogens with zero attached hydrogens (tertiary/aromatic N) is 1. The Morgan fingerprint density at radius 1 is 1.10 bits per heavy atom. The van der Waals surface area contributed by atoms with E-state index in [9.17, 15) is 8.42 Å². The predicted molar refractivity (Wildman–Crippen MR) is 83.3 cm³/mol. The Labute approximate surface area is 125 Å². The largest absolute Gasteiger partial charge is 0.398 e. The van der Waals surface area contributed by atoms with E-state index in [1.54, 1.807) is 12.1 Å². The van der Waals surface area contributed by atoms with Gasteiger partial charge < -0.3 is 5.73 Å². The average Bonchev–Trinajstić information content (AvgIpc) is 2.47. The summed E-state index contributed by atoms with van der Waals surface area (Å²) in [7, 11) is -3.47. The van der Waals surface area contributed by atoms with Gasteiger partial charge in [0.15, 0.2) is 0 Å². The molecule has 2 aromatic carbocycles. The van der Waals surface area contributed by atoms with Crippen LogP contribution in [0.1, 0.15) is 16.7 Å². The number of rotatable bonds is 2. The molecule has 1 heterocycles. The zero-order chi connectivity index (χ0) is 15.0. The van der Waals surface area contributed by atoms with Crippen molar-refractivity contribution < 1.29 is 8.42 Å². The van der Waals surface area contributed by atoms with Crippen LogP contribution in [0.25, 0.3) is 0 Å². The van der Waals surface area contributed by atoms with Gasteiger partial charge in [-0.15, -0.1) is 0 Å². The van der Waals surface area contributed by atoms with E-state index in [0.29, 0.717) is 30.1 Å². The molecule has 5 heteroatoms. The summed E-state index contributed by atoms with van der Waals surface area (Å²) in [5.41, 5.74) is 9.50. The minimum atomic E-state index is -3.47. The molecule has 0 atom stereocenters. The van der Waals surface area contributed by atoms with Crippen LogP contribution in [0.15, 0.2) is 47.4 Å². The molecular formula is C16H18N2O2S. The number of aryl methyl sites for hydroxylation is 1. The molecule has 3 rings (SSSR count). The Balaban J connectivity index is 2.00. The van der Waals surface area contributed by atoms with E-state index in [2.05, 4.69) is 0 Å². The summed E-state index contributed by atoms with van der Waals surface area (Å²) in [5, 5.41) is 0. The van der Waals surface area contributed by atoms with Crippen molar-refractivity contribution in [3.05, 3.63) is 59.2 Å². The number of nitrogen functional groups attached to an aromatic ring is 1. The summed E-state index contributed by atoms with van der Waals surface area (Å²) in [4.78, 5) is 0.378. The average molecular weight is 302 g/mol. The van der Waals surface area contributed by atoms with Crippen LogP contribution < -0.4 is 5.73 Å².